The van der Waals surface area contributed by atoms with Gasteiger partial charge in [0.1, 0.15) is 6.07 Å². The van der Waals surface area contributed by atoms with E-state index in [1.807, 2.05) is 0 Å². The molecule has 3 aromatic rings. The number of benzene rings is 2. The molecule has 2 N–H and O–H groups in total. The third-order valence-corrected chi connectivity index (χ3v) is 3.43. The van der Waals surface area contributed by atoms with E-state index in [2.05, 4.69) is 11.1 Å². The number of nitriles is 1. The van der Waals surface area contributed by atoms with Crippen molar-refractivity contribution in [1.29, 1.82) is 5.26 Å². The van der Waals surface area contributed by atoms with Crippen LogP contribution < -0.4 is 5.73 Å². The van der Waals surface area contributed by atoms with Gasteiger partial charge in [0.2, 0.25) is 5.95 Å². The number of anilines is 1. The molecule has 0 fully saturated rings. The van der Waals surface area contributed by atoms with Gasteiger partial charge in [0.05, 0.1) is 22.3 Å². The van der Waals surface area contributed by atoms with Gasteiger partial charge in [-0.3, -0.25) is 4.57 Å². The topological polar surface area (TPSA) is 67.6 Å². The average Bonchev–Trinajstić information content (AvgIpc) is 2.74. The highest BCUT2D eigenvalue weighted by Crippen LogP contribution is 2.28. The number of aromatic nitrogens is 2. The molecule has 20 heavy (non-hydrogen) atoms. The van der Waals surface area contributed by atoms with Crippen LogP contribution in [0.1, 0.15) is 5.56 Å². The molecule has 1 heterocycles. The molecule has 0 aliphatic heterocycles. The zero-order valence-corrected chi connectivity index (χ0v) is 11.7. The van der Waals surface area contributed by atoms with Gasteiger partial charge in [0.15, 0.2) is 0 Å². The maximum absolute atomic E-state index is 9.23. The molecule has 6 heteroatoms. The van der Waals surface area contributed by atoms with E-state index in [1.165, 1.54) is 0 Å². The normalized spacial score (nSPS) is 10.7. The molecule has 0 unspecified atom stereocenters. The Morgan fingerprint density at radius 2 is 1.80 bits per heavy atom. The van der Waals surface area contributed by atoms with Gasteiger partial charge in [0, 0.05) is 10.0 Å². The molecule has 0 radical (unpaired) electrons. The quantitative estimate of drug-likeness (QED) is 0.743. The van der Waals surface area contributed by atoms with E-state index in [0.29, 0.717) is 26.8 Å². The van der Waals surface area contributed by atoms with Crippen molar-refractivity contribution in [3.05, 3.63) is 52.0 Å². The van der Waals surface area contributed by atoms with Crippen LogP contribution in [0, 0.1) is 11.3 Å². The fourth-order valence-electron chi connectivity index (χ4n) is 2.10. The van der Waals surface area contributed by atoms with E-state index >= 15 is 0 Å². The maximum Gasteiger partial charge on any atom is 0.205 e. The molecule has 0 atom stereocenters. The third-order valence-electron chi connectivity index (χ3n) is 2.96. The van der Waals surface area contributed by atoms with Gasteiger partial charge in [-0.1, -0.05) is 23.2 Å². The Bertz CT molecular complexity index is 861. The van der Waals surface area contributed by atoms with Crippen LogP contribution >= 0.6 is 23.2 Å². The number of nitrogen functional groups attached to an aromatic ring is 1. The Morgan fingerprint density at radius 1 is 1.10 bits per heavy atom. The smallest absolute Gasteiger partial charge is 0.205 e. The minimum Gasteiger partial charge on any atom is -0.369 e. The van der Waals surface area contributed by atoms with Gasteiger partial charge in [-0.15, -0.1) is 0 Å². The van der Waals surface area contributed by atoms with Gasteiger partial charge in [-0.05, 0) is 36.4 Å². The zero-order chi connectivity index (χ0) is 14.3. The van der Waals surface area contributed by atoms with Crippen LogP contribution in [0.5, 0.6) is 0 Å². The summed E-state index contributed by atoms with van der Waals surface area (Å²) in [6.07, 6.45) is 0. The summed E-state index contributed by atoms with van der Waals surface area (Å²) in [4.78, 5) is 4.27. The summed E-state index contributed by atoms with van der Waals surface area (Å²) in [5, 5.41) is 10.3. The van der Waals surface area contributed by atoms with Crippen molar-refractivity contribution < 1.29 is 0 Å². The maximum atomic E-state index is 9.23. The van der Waals surface area contributed by atoms with Gasteiger partial charge in [0.25, 0.3) is 0 Å². The van der Waals surface area contributed by atoms with Gasteiger partial charge in [-0.25, -0.2) is 4.98 Å². The molecule has 3 rings (SSSR count). The van der Waals surface area contributed by atoms with E-state index in [9.17, 15) is 5.26 Å². The predicted octanol–water partition coefficient (Wildman–Crippen LogP) is 3.79. The van der Waals surface area contributed by atoms with E-state index in [1.54, 1.807) is 41.0 Å². The van der Waals surface area contributed by atoms with Crippen molar-refractivity contribution in [3.63, 3.8) is 0 Å². The van der Waals surface area contributed by atoms with Gasteiger partial charge >= 0.3 is 0 Å². The van der Waals surface area contributed by atoms with Crippen LogP contribution in [-0.4, -0.2) is 9.55 Å². The van der Waals surface area contributed by atoms with Crippen molar-refractivity contribution in [2.24, 2.45) is 0 Å². The lowest BCUT2D eigenvalue weighted by atomic mass is 10.2. The van der Waals surface area contributed by atoms with Crippen molar-refractivity contribution >= 4 is 40.2 Å². The fourth-order valence-corrected chi connectivity index (χ4v) is 2.44. The number of imidazole rings is 1. The number of nitrogens with two attached hydrogens (primary N) is 1. The molecule has 2 aromatic carbocycles. The first-order chi connectivity index (χ1) is 9.60. The van der Waals surface area contributed by atoms with Crippen molar-refractivity contribution in [1.82, 2.24) is 9.55 Å². The highest BCUT2D eigenvalue weighted by Gasteiger charge is 2.14. The van der Waals surface area contributed by atoms with Crippen molar-refractivity contribution in [2.75, 3.05) is 5.73 Å². The second-order valence-corrected chi connectivity index (χ2v) is 5.08. The zero-order valence-electron chi connectivity index (χ0n) is 10.1. The highest BCUT2D eigenvalue weighted by molar-refractivity contribution is 6.31. The Hall–Kier alpha value is -2.22. The van der Waals surface area contributed by atoms with Gasteiger partial charge < -0.3 is 5.73 Å². The first-order valence-corrected chi connectivity index (χ1v) is 6.49. The minimum absolute atomic E-state index is 0.279. The molecular weight excluding hydrogens is 295 g/mol. The molecule has 0 saturated carbocycles. The van der Waals surface area contributed by atoms with E-state index in [-0.39, 0.29) is 5.95 Å². The summed E-state index contributed by atoms with van der Waals surface area (Å²) in [5.41, 5.74) is 8.44. The lowest BCUT2D eigenvalue weighted by Crippen LogP contribution is -2.02. The van der Waals surface area contributed by atoms with E-state index in [4.69, 9.17) is 28.9 Å². The number of fused-ring (bicyclic) bond motifs is 1. The second-order valence-electron chi connectivity index (χ2n) is 4.21. The van der Waals surface area contributed by atoms with Crippen molar-refractivity contribution in [2.45, 2.75) is 0 Å². The Balaban J connectivity index is 2.40. The summed E-state index contributed by atoms with van der Waals surface area (Å²) < 4.78 is 1.67. The molecule has 0 spiro atoms. The molecular formula is C14H8Cl2N4. The van der Waals surface area contributed by atoms with Crippen LogP contribution in [0.2, 0.25) is 10.0 Å². The molecule has 0 saturated heterocycles. The van der Waals surface area contributed by atoms with Crippen LogP contribution in [0.4, 0.5) is 5.95 Å². The summed E-state index contributed by atoms with van der Waals surface area (Å²) in [7, 11) is 0. The SMILES string of the molecule is N#Cc1ccc(Cl)cc1-n1c(N)nc2ccc(Cl)cc21. The van der Waals surface area contributed by atoms with Crippen LogP contribution in [0.3, 0.4) is 0 Å². The number of halogens is 2. The van der Waals surface area contributed by atoms with Crippen LogP contribution in [0.15, 0.2) is 36.4 Å². The monoisotopic (exact) mass is 302 g/mol. The second kappa shape index (κ2) is 4.71. The highest BCUT2D eigenvalue weighted by atomic mass is 35.5. The Kier molecular flexibility index (Phi) is 3.01. The van der Waals surface area contributed by atoms with Crippen LogP contribution in [-0.2, 0) is 0 Å². The first-order valence-electron chi connectivity index (χ1n) is 5.73. The average molecular weight is 303 g/mol. The number of nitrogens with zero attached hydrogens (tertiary/aromatic N) is 3. The molecule has 0 amide bonds. The largest absolute Gasteiger partial charge is 0.369 e. The standard InChI is InChI=1S/C14H8Cl2N4/c15-9-2-1-8(7-17)12(5-9)20-13-6-10(16)3-4-11(13)19-14(20)18/h1-6H,(H2,18,19). The number of hydrogen-bond acceptors (Lipinski definition) is 3. The Morgan fingerprint density at radius 3 is 2.55 bits per heavy atom. The summed E-state index contributed by atoms with van der Waals surface area (Å²) in [6.45, 7) is 0. The first kappa shape index (κ1) is 12.8. The van der Waals surface area contributed by atoms with Crippen LogP contribution in [0.25, 0.3) is 16.7 Å². The number of hydrogen-bond donors (Lipinski definition) is 1. The van der Waals surface area contributed by atoms with E-state index in [0.717, 1.165) is 5.52 Å². The summed E-state index contributed by atoms with van der Waals surface area (Å²) >= 11 is 12.0. The number of rotatable bonds is 1. The molecule has 0 aliphatic carbocycles. The van der Waals surface area contributed by atoms with Crippen molar-refractivity contribution in [3.8, 4) is 11.8 Å². The third kappa shape index (κ3) is 1.97. The lowest BCUT2D eigenvalue weighted by molar-refractivity contribution is 1.10. The molecule has 1 aromatic heterocycles. The summed E-state index contributed by atoms with van der Waals surface area (Å²) in [6, 6.07) is 12.4. The minimum atomic E-state index is 0.279. The molecule has 0 bridgehead atoms. The predicted molar refractivity (Wildman–Crippen MR) is 80.2 cm³/mol. The lowest BCUT2D eigenvalue weighted by Gasteiger charge is -2.09. The van der Waals surface area contributed by atoms with E-state index < -0.39 is 0 Å². The Labute approximate surface area is 125 Å². The summed E-state index contributed by atoms with van der Waals surface area (Å²) in [5.74, 6) is 0.279. The molecule has 98 valence electrons. The molecule has 0 aliphatic rings. The van der Waals surface area contributed by atoms with Gasteiger partial charge in [-0.2, -0.15) is 5.26 Å². The fraction of sp³-hybridized carbons (Fsp3) is 0. The molecule has 4 nitrogen and oxygen atoms in total.